The third-order valence-electron chi connectivity index (χ3n) is 3.67. The minimum Gasteiger partial charge on any atom is -0.348 e. The predicted octanol–water partition coefficient (Wildman–Crippen LogP) is 1.74. The van der Waals surface area contributed by atoms with Crippen LogP contribution in [0.2, 0.25) is 0 Å². The molecule has 0 amide bonds. The van der Waals surface area contributed by atoms with Crippen molar-refractivity contribution in [3.05, 3.63) is 0 Å². The Balaban J connectivity index is 1.70. The smallest absolute Gasteiger partial charge is 0.163 e. The Morgan fingerprint density at radius 1 is 1.24 bits per heavy atom. The lowest BCUT2D eigenvalue weighted by Gasteiger charge is -2.21. The van der Waals surface area contributed by atoms with Gasteiger partial charge in [0, 0.05) is 6.04 Å². The standard InChI is InChI=1S/C13H26N2O2/c1-13(2)16-9-11(17-13)8-7-10-5-3-4-6-12(14)15-10/h10-12,15H,3-9,14H2,1-2H3. The van der Waals surface area contributed by atoms with Crippen LogP contribution in [0.25, 0.3) is 0 Å². The van der Waals surface area contributed by atoms with Crippen molar-refractivity contribution in [3.63, 3.8) is 0 Å². The molecule has 3 unspecified atom stereocenters. The molecule has 17 heavy (non-hydrogen) atoms. The summed E-state index contributed by atoms with van der Waals surface area (Å²) < 4.78 is 11.4. The van der Waals surface area contributed by atoms with Crippen molar-refractivity contribution in [2.24, 2.45) is 5.73 Å². The summed E-state index contributed by atoms with van der Waals surface area (Å²) in [7, 11) is 0. The highest BCUT2D eigenvalue weighted by Gasteiger charge is 2.32. The first-order chi connectivity index (χ1) is 8.05. The van der Waals surface area contributed by atoms with Gasteiger partial charge in [-0.3, -0.25) is 5.32 Å². The number of rotatable bonds is 3. The van der Waals surface area contributed by atoms with Crippen molar-refractivity contribution in [3.8, 4) is 0 Å². The van der Waals surface area contributed by atoms with Gasteiger partial charge in [-0.1, -0.05) is 12.8 Å². The van der Waals surface area contributed by atoms with Gasteiger partial charge in [0.05, 0.1) is 18.9 Å². The summed E-state index contributed by atoms with van der Waals surface area (Å²) in [5.74, 6) is -0.391. The molecule has 0 saturated carbocycles. The van der Waals surface area contributed by atoms with Crippen LogP contribution >= 0.6 is 0 Å². The van der Waals surface area contributed by atoms with E-state index in [0.717, 1.165) is 25.9 Å². The maximum Gasteiger partial charge on any atom is 0.163 e. The lowest BCUT2D eigenvalue weighted by molar-refractivity contribution is -0.139. The largest absolute Gasteiger partial charge is 0.348 e. The predicted molar refractivity (Wildman–Crippen MR) is 67.5 cm³/mol. The lowest BCUT2D eigenvalue weighted by Crippen LogP contribution is -2.42. The highest BCUT2D eigenvalue weighted by molar-refractivity contribution is 4.78. The molecule has 0 aliphatic carbocycles. The molecule has 0 aromatic carbocycles. The number of hydrogen-bond donors (Lipinski definition) is 2. The van der Waals surface area contributed by atoms with Crippen LogP contribution in [0.5, 0.6) is 0 Å². The molecule has 3 N–H and O–H groups in total. The minimum absolute atomic E-state index is 0.180. The second-order valence-corrected chi connectivity index (χ2v) is 5.78. The van der Waals surface area contributed by atoms with Crippen LogP contribution in [0.3, 0.4) is 0 Å². The second kappa shape index (κ2) is 5.65. The topological polar surface area (TPSA) is 56.5 Å². The molecule has 0 spiro atoms. The molecule has 2 fully saturated rings. The molecule has 100 valence electrons. The van der Waals surface area contributed by atoms with Gasteiger partial charge in [0.15, 0.2) is 5.79 Å². The van der Waals surface area contributed by atoms with Crippen molar-refractivity contribution in [1.82, 2.24) is 5.32 Å². The fourth-order valence-corrected chi connectivity index (χ4v) is 2.74. The van der Waals surface area contributed by atoms with Crippen molar-refractivity contribution in [1.29, 1.82) is 0 Å². The van der Waals surface area contributed by atoms with Gasteiger partial charge in [-0.2, -0.15) is 0 Å². The van der Waals surface area contributed by atoms with Gasteiger partial charge in [-0.15, -0.1) is 0 Å². The molecule has 3 atom stereocenters. The van der Waals surface area contributed by atoms with Crippen LogP contribution in [0.1, 0.15) is 52.4 Å². The Hall–Kier alpha value is -0.160. The van der Waals surface area contributed by atoms with Gasteiger partial charge < -0.3 is 15.2 Å². The normalized spacial score (nSPS) is 37.9. The Kier molecular flexibility index (Phi) is 4.42. The average Bonchev–Trinajstić information content (AvgIpc) is 2.46. The third-order valence-corrected chi connectivity index (χ3v) is 3.67. The summed E-state index contributed by atoms with van der Waals surface area (Å²) in [4.78, 5) is 0. The monoisotopic (exact) mass is 242 g/mol. The third kappa shape index (κ3) is 4.21. The van der Waals surface area contributed by atoms with Gasteiger partial charge in [-0.25, -0.2) is 0 Å². The SMILES string of the molecule is CC1(C)OCC(CCC2CCCCC(N)N2)O1. The molecule has 2 aliphatic rings. The van der Waals surface area contributed by atoms with Crippen LogP contribution in [0, 0.1) is 0 Å². The quantitative estimate of drug-likeness (QED) is 0.791. The van der Waals surface area contributed by atoms with Crippen LogP contribution in [0.4, 0.5) is 0 Å². The zero-order chi connectivity index (χ0) is 12.3. The molecule has 2 heterocycles. The molecule has 4 heteroatoms. The average molecular weight is 242 g/mol. The van der Waals surface area contributed by atoms with Crippen molar-refractivity contribution in [2.45, 2.75) is 76.5 Å². The Labute approximate surface area is 104 Å². The van der Waals surface area contributed by atoms with Gasteiger partial charge in [0.1, 0.15) is 0 Å². The maximum absolute atomic E-state index is 5.98. The van der Waals surface area contributed by atoms with Crippen LogP contribution in [-0.2, 0) is 9.47 Å². The zero-order valence-electron chi connectivity index (χ0n) is 11.1. The summed E-state index contributed by atoms with van der Waals surface area (Å²) >= 11 is 0. The Morgan fingerprint density at radius 2 is 2.00 bits per heavy atom. The molecule has 4 nitrogen and oxygen atoms in total. The molecule has 0 radical (unpaired) electrons. The number of nitrogens with one attached hydrogen (secondary N) is 1. The van der Waals surface area contributed by atoms with E-state index in [0.29, 0.717) is 6.04 Å². The van der Waals surface area contributed by atoms with Gasteiger partial charge in [0.25, 0.3) is 0 Å². The van der Waals surface area contributed by atoms with Crippen LogP contribution in [0.15, 0.2) is 0 Å². The fourth-order valence-electron chi connectivity index (χ4n) is 2.74. The number of ether oxygens (including phenoxy) is 2. The van der Waals surface area contributed by atoms with E-state index in [1.54, 1.807) is 0 Å². The van der Waals surface area contributed by atoms with Crippen molar-refractivity contribution < 1.29 is 9.47 Å². The molecule has 0 aromatic heterocycles. The summed E-state index contributed by atoms with van der Waals surface area (Å²) in [6.45, 7) is 4.69. The van der Waals surface area contributed by atoms with Crippen LogP contribution < -0.4 is 11.1 Å². The lowest BCUT2D eigenvalue weighted by atomic mass is 10.0. The summed E-state index contributed by atoms with van der Waals surface area (Å²) in [6, 6.07) is 0.555. The first-order valence-corrected chi connectivity index (χ1v) is 6.88. The first-order valence-electron chi connectivity index (χ1n) is 6.88. The molecular weight excluding hydrogens is 216 g/mol. The number of nitrogens with two attached hydrogens (primary N) is 1. The first kappa shape index (κ1) is 13.3. The van der Waals surface area contributed by atoms with E-state index in [1.165, 1.54) is 19.3 Å². The molecule has 2 aliphatic heterocycles. The van der Waals surface area contributed by atoms with Crippen LogP contribution in [-0.4, -0.2) is 30.7 Å². The van der Waals surface area contributed by atoms with E-state index in [-0.39, 0.29) is 12.3 Å². The highest BCUT2D eigenvalue weighted by Crippen LogP contribution is 2.26. The highest BCUT2D eigenvalue weighted by atomic mass is 16.7. The molecule has 0 aromatic rings. The van der Waals surface area contributed by atoms with E-state index in [4.69, 9.17) is 15.2 Å². The van der Waals surface area contributed by atoms with E-state index in [9.17, 15) is 0 Å². The zero-order valence-corrected chi connectivity index (χ0v) is 11.1. The van der Waals surface area contributed by atoms with E-state index in [2.05, 4.69) is 5.32 Å². The molecular formula is C13H26N2O2. The summed E-state index contributed by atoms with van der Waals surface area (Å²) in [5, 5.41) is 3.50. The second-order valence-electron chi connectivity index (χ2n) is 5.78. The number of hydrogen-bond acceptors (Lipinski definition) is 4. The van der Waals surface area contributed by atoms with E-state index < -0.39 is 5.79 Å². The van der Waals surface area contributed by atoms with Crippen molar-refractivity contribution >= 4 is 0 Å². The van der Waals surface area contributed by atoms with E-state index in [1.807, 2.05) is 13.8 Å². The van der Waals surface area contributed by atoms with Gasteiger partial charge >= 0.3 is 0 Å². The minimum atomic E-state index is -0.391. The summed E-state index contributed by atoms with van der Waals surface area (Å²) in [5.41, 5.74) is 5.98. The van der Waals surface area contributed by atoms with Gasteiger partial charge in [0.2, 0.25) is 0 Å². The van der Waals surface area contributed by atoms with Crippen molar-refractivity contribution in [2.75, 3.05) is 6.61 Å². The molecule has 0 bridgehead atoms. The Morgan fingerprint density at radius 3 is 2.71 bits per heavy atom. The fraction of sp³-hybridized carbons (Fsp3) is 1.00. The van der Waals surface area contributed by atoms with E-state index >= 15 is 0 Å². The molecule has 2 saturated heterocycles. The Bertz CT molecular complexity index is 246. The molecule has 2 rings (SSSR count). The summed E-state index contributed by atoms with van der Waals surface area (Å²) in [6.07, 6.45) is 7.52. The maximum atomic E-state index is 5.98. The van der Waals surface area contributed by atoms with Gasteiger partial charge in [-0.05, 0) is 39.5 Å².